The molecule has 2 atom stereocenters. The number of rotatable bonds is 1. The summed E-state index contributed by atoms with van der Waals surface area (Å²) in [5, 5.41) is 16.2. The van der Waals surface area contributed by atoms with Crippen molar-refractivity contribution in [1.82, 2.24) is 14.8 Å². The van der Waals surface area contributed by atoms with Gasteiger partial charge in [0.05, 0.1) is 0 Å². The summed E-state index contributed by atoms with van der Waals surface area (Å²) in [6, 6.07) is 0. The van der Waals surface area contributed by atoms with Crippen LogP contribution in [0.4, 0.5) is 0 Å². The van der Waals surface area contributed by atoms with Gasteiger partial charge in [-0.25, -0.2) is 4.79 Å². The Morgan fingerprint density at radius 1 is 1.58 bits per heavy atom. The maximum absolute atomic E-state index is 10.6. The van der Waals surface area contributed by atoms with Gasteiger partial charge in [-0.3, -0.25) is 0 Å². The second-order valence-corrected chi connectivity index (χ2v) is 3.40. The van der Waals surface area contributed by atoms with E-state index < -0.39 is 5.97 Å². The molecule has 0 unspecified atom stereocenters. The summed E-state index contributed by atoms with van der Waals surface area (Å²) in [5.74, 6) is 1.14. The van der Waals surface area contributed by atoms with Crippen LogP contribution < -0.4 is 0 Å². The molecule has 1 aliphatic carbocycles. The van der Waals surface area contributed by atoms with Crippen molar-refractivity contribution in [3.05, 3.63) is 11.6 Å². The summed E-state index contributed by atoms with van der Waals surface area (Å²) in [5.41, 5.74) is 0. The molecule has 5 nitrogen and oxygen atoms in total. The van der Waals surface area contributed by atoms with Gasteiger partial charge >= 0.3 is 5.97 Å². The van der Waals surface area contributed by atoms with Gasteiger partial charge in [0.2, 0.25) is 5.82 Å². The van der Waals surface area contributed by atoms with E-state index in [1.165, 1.54) is 0 Å². The molecule has 0 amide bonds. The van der Waals surface area contributed by atoms with Crippen molar-refractivity contribution in [2.45, 2.75) is 18.9 Å². The third-order valence-corrected chi connectivity index (χ3v) is 2.64. The number of hydrogen-bond donors (Lipinski definition) is 1. The van der Waals surface area contributed by atoms with E-state index in [0.29, 0.717) is 11.8 Å². The van der Waals surface area contributed by atoms with E-state index in [4.69, 9.17) is 5.11 Å². The molecule has 0 spiro atoms. The van der Waals surface area contributed by atoms with E-state index in [2.05, 4.69) is 10.2 Å². The Kier molecular flexibility index (Phi) is 0.861. The molecule has 1 aromatic heterocycles. The lowest BCUT2D eigenvalue weighted by atomic mass is 10.4. The summed E-state index contributed by atoms with van der Waals surface area (Å²) in [7, 11) is 0. The summed E-state index contributed by atoms with van der Waals surface area (Å²) < 4.78 is 1.72. The SMILES string of the molecule is O=C(O)c1nnc2n1C[C@@H]1C[C@H]21. The highest BCUT2D eigenvalue weighted by Gasteiger charge is 2.48. The highest BCUT2D eigenvalue weighted by Crippen LogP contribution is 2.52. The maximum atomic E-state index is 10.6. The van der Waals surface area contributed by atoms with Crippen LogP contribution in [0.2, 0.25) is 0 Å². The van der Waals surface area contributed by atoms with Gasteiger partial charge in [-0.1, -0.05) is 0 Å². The maximum Gasteiger partial charge on any atom is 0.374 e. The zero-order chi connectivity index (χ0) is 8.29. The van der Waals surface area contributed by atoms with Gasteiger partial charge in [-0.2, -0.15) is 0 Å². The number of fused-ring (bicyclic) bond motifs is 3. The van der Waals surface area contributed by atoms with Gasteiger partial charge in [0.15, 0.2) is 0 Å². The third-order valence-electron chi connectivity index (χ3n) is 2.64. The Bertz CT molecular complexity index is 371. The molecule has 1 fully saturated rings. The second kappa shape index (κ2) is 1.68. The number of aromatic carboxylic acids is 1. The molecule has 5 heteroatoms. The van der Waals surface area contributed by atoms with Crippen LogP contribution >= 0.6 is 0 Å². The van der Waals surface area contributed by atoms with Crippen LogP contribution in [0, 0.1) is 5.92 Å². The van der Waals surface area contributed by atoms with E-state index in [9.17, 15) is 4.79 Å². The van der Waals surface area contributed by atoms with Crippen LogP contribution in [0.15, 0.2) is 0 Å². The Hall–Kier alpha value is -1.39. The molecule has 3 rings (SSSR count). The Morgan fingerprint density at radius 3 is 3.17 bits per heavy atom. The van der Waals surface area contributed by atoms with Crippen LogP contribution in [-0.2, 0) is 6.54 Å². The van der Waals surface area contributed by atoms with E-state index in [-0.39, 0.29) is 5.82 Å². The fraction of sp³-hybridized carbons (Fsp3) is 0.571. The topological polar surface area (TPSA) is 68.0 Å². The van der Waals surface area contributed by atoms with E-state index >= 15 is 0 Å². The first-order valence-corrected chi connectivity index (χ1v) is 3.94. The quantitative estimate of drug-likeness (QED) is 0.640. The Labute approximate surface area is 68.0 Å². The first-order valence-electron chi connectivity index (χ1n) is 3.94. The molecule has 2 aliphatic rings. The molecule has 12 heavy (non-hydrogen) atoms. The second-order valence-electron chi connectivity index (χ2n) is 3.40. The van der Waals surface area contributed by atoms with E-state index in [1.807, 2.05) is 0 Å². The highest BCUT2D eigenvalue weighted by molar-refractivity contribution is 5.83. The lowest BCUT2D eigenvalue weighted by Crippen LogP contribution is -2.09. The third kappa shape index (κ3) is 0.569. The molecular formula is C7H7N3O2. The monoisotopic (exact) mass is 165 g/mol. The van der Waals surface area contributed by atoms with Crippen LogP contribution in [0.3, 0.4) is 0 Å². The summed E-state index contributed by atoms with van der Waals surface area (Å²) in [6.45, 7) is 0.800. The number of aromatic nitrogens is 3. The number of carbonyl (C=O) groups is 1. The van der Waals surface area contributed by atoms with Crippen molar-refractivity contribution in [1.29, 1.82) is 0 Å². The minimum atomic E-state index is -0.977. The molecule has 1 aliphatic heterocycles. The van der Waals surface area contributed by atoms with Crippen molar-refractivity contribution in [2.24, 2.45) is 5.92 Å². The summed E-state index contributed by atoms with van der Waals surface area (Å²) >= 11 is 0. The molecule has 2 heterocycles. The standard InChI is InChI=1S/C7H7N3O2/c11-7(12)6-9-8-5-4-1-3(4)2-10(5)6/h3-4H,1-2H2,(H,11,12)/t3-,4-/m0/s1. The normalized spacial score (nSPS) is 29.7. The van der Waals surface area contributed by atoms with Crippen molar-refractivity contribution in [3.63, 3.8) is 0 Å². The minimum absolute atomic E-state index is 0.0946. The van der Waals surface area contributed by atoms with Crippen LogP contribution in [0.5, 0.6) is 0 Å². The zero-order valence-electron chi connectivity index (χ0n) is 6.27. The largest absolute Gasteiger partial charge is 0.475 e. The zero-order valence-corrected chi connectivity index (χ0v) is 6.27. The molecule has 1 aromatic rings. The molecule has 0 aromatic carbocycles. The van der Waals surface area contributed by atoms with Crippen LogP contribution in [-0.4, -0.2) is 25.8 Å². The summed E-state index contributed by atoms with van der Waals surface area (Å²) in [4.78, 5) is 10.6. The van der Waals surface area contributed by atoms with Gasteiger partial charge in [0, 0.05) is 12.5 Å². The van der Waals surface area contributed by atoms with Gasteiger partial charge in [0.25, 0.3) is 0 Å². The van der Waals surface area contributed by atoms with Crippen LogP contribution in [0.25, 0.3) is 0 Å². The number of nitrogens with zero attached hydrogens (tertiary/aromatic N) is 3. The van der Waals surface area contributed by atoms with Gasteiger partial charge in [-0.05, 0) is 12.3 Å². The van der Waals surface area contributed by atoms with E-state index in [1.54, 1.807) is 4.57 Å². The average molecular weight is 165 g/mol. The predicted molar refractivity (Wildman–Crippen MR) is 37.8 cm³/mol. The highest BCUT2D eigenvalue weighted by atomic mass is 16.4. The molecule has 1 saturated carbocycles. The fourth-order valence-corrected chi connectivity index (χ4v) is 1.93. The Balaban J connectivity index is 2.14. The molecule has 0 bridgehead atoms. The van der Waals surface area contributed by atoms with Crippen molar-refractivity contribution in [2.75, 3.05) is 0 Å². The van der Waals surface area contributed by atoms with Gasteiger partial charge in [0.1, 0.15) is 5.82 Å². The number of carboxylic acid groups (broad SMARTS) is 1. The molecule has 0 saturated heterocycles. The molecule has 0 radical (unpaired) electrons. The van der Waals surface area contributed by atoms with E-state index in [0.717, 1.165) is 18.8 Å². The van der Waals surface area contributed by atoms with Gasteiger partial charge < -0.3 is 9.67 Å². The number of hydrogen-bond acceptors (Lipinski definition) is 3. The predicted octanol–water partition coefficient (Wildman–Crippen LogP) is 0.0934. The first kappa shape index (κ1) is 6.16. The minimum Gasteiger partial charge on any atom is -0.475 e. The number of carboxylic acids is 1. The van der Waals surface area contributed by atoms with Crippen molar-refractivity contribution < 1.29 is 9.90 Å². The van der Waals surface area contributed by atoms with Crippen molar-refractivity contribution in [3.8, 4) is 0 Å². The lowest BCUT2D eigenvalue weighted by Gasteiger charge is -1.98. The fourth-order valence-electron chi connectivity index (χ4n) is 1.93. The summed E-state index contributed by atoms with van der Waals surface area (Å²) in [6.07, 6.45) is 1.16. The van der Waals surface area contributed by atoms with Crippen molar-refractivity contribution >= 4 is 5.97 Å². The molecule has 62 valence electrons. The first-order chi connectivity index (χ1) is 5.77. The molecular weight excluding hydrogens is 158 g/mol. The molecule has 1 N–H and O–H groups in total. The lowest BCUT2D eigenvalue weighted by molar-refractivity contribution is 0.0677. The Morgan fingerprint density at radius 2 is 2.42 bits per heavy atom. The van der Waals surface area contributed by atoms with Gasteiger partial charge in [-0.15, -0.1) is 10.2 Å². The van der Waals surface area contributed by atoms with Crippen LogP contribution in [0.1, 0.15) is 28.8 Å². The average Bonchev–Trinajstić information content (AvgIpc) is 2.54. The smallest absolute Gasteiger partial charge is 0.374 e.